The molecule has 0 bridgehead atoms. The number of hydrogen-bond acceptors (Lipinski definition) is 5. The van der Waals surface area contributed by atoms with Crippen molar-refractivity contribution in [1.82, 2.24) is 15.1 Å². The van der Waals surface area contributed by atoms with Crippen molar-refractivity contribution in [2.24, 2.45) is 0 Å². The highest BCUT2D eigenvalue weighted by atomic mass is 16.3. The van der Waals surface area contributed by atoms with Crippen LogP contribution in [0.5, 0.6) is 0 Å². The number of anilines is 1. The van der Waals surface area contributed by atoms with Gasteiger partial charge in [0, 0.05) is 31.9 Å². The second-order valence-corrected chi connectivity index (χ2v) is 4.89. The molecular weight excluding hydrogens is 228 g/mol. The molecule has 0 radical (unpaired) electrons. The van der Waals surface area contributed by atoms with Gasteiger partial charge in [-0.25, -0.2) is 0 Å². The first-order valence-electron chi connectivity index (χ1n) is 6.72. The number of hydrogen-bond donors (Lipinski definition) is 2. The lowest BCUT2D eigenvalue weighted by atomic mass is 10.0. The minimum Gasteiger partial charge on any atom is -0.392 e. The SMILES string of the molecule is CC[C@H](O)CN1CCC(Nc2cccnn2)CC1. The van der Waals surface area contributed by atoms with Gasteiger partial charge < -0.3 is 15.3 Å². The van der Waals surface area contributed by atoms with Crippen molar-refractivity contribution < 1.29 is 5.11 Å². The highest BCUT2D eigenvalue weighted by Gasteiger charge is 2.20. The molecule has 0 saturated carbocycles. The van der Waals surface area contributed by atoms with E-state index >= 15 is 0 Å². The predicted molar refractivity (Wildman–Crippen MR) is 71.4 cm³/mol. The molecule has 1 aliphatic heterocycles. The van der Waals surface area contributed by atoms with Crippen LogP contribution in [0.4, 0.5) is 5.82 Å². The maximum absolute atomic E-state index is 9.64. The molecule has 1 saturated heterocycles. The van der Waals surface area contributed by atoms with E-state index in [-0.39, 0.29) is 6.10 Å². The molecule has 0 aromatic carbocycles. The Morgan fingerprint density at radius 2 is 2.28 bits per heavy atom. The van der Waals surface area contributed by atoms with Gasteiger partial charge in [-0.3, -0.25) is 0 Å². The minimum atomic E-state index is -0.186. The highest BCUT2D eigenvalue weighted by Crippen LogP contribution is 2.15. The first-order valence-corrected chi connectivity index (χ1v) is 6.72. The summed E-state index contributed by atoms with van der Waals surface area (Å²) in [5.74, 6) is 0.851. The number of aromatic nitrogens is 2. The standard InChI is InChI=1S/C13H22N4O/c1-2-12(18)10-17-8-5-11(6-9-17)15-13-4-3-7-14-16-13/h3-4,7,11-12,18H,2,5-6,8-10H2,1H3,(H,15,16)/t12-/m0/s1. The molecule has 0 amide bonds. The van der Waals surface area contributed by atoms with Crippen molar-refractivity contribution in [2.75, 3.05) is 25.0 Å². The maximum Gasteiger partial charge on any atom is 0.148 e. The van der Waals surface area contributed by atoms with E-state index in [1.165, 1.54) is 0 Å². The third kappa shape index (κ3) is 3.92. The number of β-amino-alcohol motifs (C(OH)–C–C–N with tert-alkyl or cyclic N) is 1. The fourth-order valence-electron chi connectivity index (χ4n) is 2.27. The van der Waals surface area contributed by atoms with E-state index in [1.54, 1.807) is 6.20 Å². The fourth-order valence-corrected chi connectivity index (χ4v) is 2.27. The topological polar surface area (TPSA) is 61.3 Å². The zero-order chi connectivity index (χ0) is 12.8. The number of nitrogens with one attached hydrogen (secondary N) is 1. The third-order valence-electron chi connectivity index (χ3n) is 3.45. The molecule has 0 unspecified atom stereocenters. The average molecular weight is 250 g/mol. The summed E-state index contributed by atoms with van der Waals surface area (Å²) >= 11 is 0. The molecule has 2 rings (SSSR count). The minimum absolute atomic E-state index is 0.186. The van der Waals surface area contributed by atoms with E-state index in [4.69, 9.17) is 0 Å². The van der Waals surface area contributed by atoms with Crippen LogP contribution in [0.3, 0.4) is 0 Å². The summed E-state index contributed by atoms with van der Waals surface area (Å²) in [7, 11) is 0. The third-order valence-corrected chi connectivity index (χ3v) is 3.45. The first-order chi connectivity index (χ1) is 8.78. The van der Waals surface area contributed by atoms with Crippen LogP contribution >= 0.6 is 0 Å². The van der Waals surface area contributed by atoms with E-state index in [1.807, 2.05) is 19.1 Å². The number of aliphatic hydroxyl groups is 1. The van der Waals surface area contributed by atoms with Gasteiger partial charge in [0.05, 0.1) is 6.10 Å². The van der Waals surface area contributed by atoms with Crippen LogP contribution in [0, 0.1) is 0 Å². The molecule has 5 heteroatoms. The van der Waals surface area contributed by atoms with Gasteiger partial charge in [0.15, 0.2) is 0 Å². The molecule has 0 aliphatic carbocycles. The smallest absolute Gasteiger partial charge is 0.148 e. The quantitative estimate of drug-likeness (QED) is 0.820. The summed E-state index contributed by atoms with van der Waals surface area (Å²) in [6.07, 6.45) is 4.51. The molecule has 18 heavy (non-hydrogen) atoms. The number of piperidine rings is 1. The Kier molecular flexibility index (Phi) is 4.90. The lowest BCUT2D eigenvalue weighted by Crippen LogP contribution is -2.42. The van der Waals surface area contributed by atoms with Crippen LogP contribution in [0.1, 0.15) is 26.2 Å². The zero-order valence-electron chi connectivity index (χ0n) is 10.9. The summed E-state index contributed by atoms with van der Waals surface area (Å²) < 4.78 is 0. The molecule has 1 aromatic rings. The molecular formula is C13H22N4O. The largest absolute Gasteiger partial charge is 0.392 e. The van der Waals surface area contributed by atoms with Crippen LogP contribution in [0.15, 0.2) is 18.3 Å². The van der Waals surface area contributed by atoms with Gasteiger partial charge in [-0.1, -0.05) is 6.92 Å². The van der Waals surface area contributed by atoms with Crippen LogP contribution < -0.4 is 5.32 Å². The van der Waals surface area contributed by atoms with Crippen molar-refractivity contribution in [3.05, 3.63) is 18.3 Å². The Morgan fingerprint density at radius 3 is 2.89 bits per heavy atom. The first kappa shape index (κ1) is 13.2. The van der Waals surface area contributed by atoms with Crippen LogP contribution in [-0.4, -0.2) is 52.0 Å². The average Bonchev–Trinajstić information content (AvgIpc) is 2.42. The molecule has 1 aromatic heterocycles. The van der Waals surface area contributed by atoms with Gasteiger partial charge in [-0.2, -0.15) is 5.10 Å². The second kappa shape index (κ2) is 6.66. The van der Waals surface area contributed by atoms with Crippen LogP contribution in [0.2, 0.25) is 0 Å². The molecule has 2 heterocycles. The summed E-state index contributed by atoms with van der Waals surface area (Å²) in [6, 6.07) is 4.30. The van der Waals surface area contributed by atoms with Gasteiger partial charge in [-0.05, 0) is 31.4 Å². The summed E-state index contributed by atoms with van der Waals surface area (Å²) in [6.45, 7) is 4.89. The Hall–Kier alpha value is -1.20. The lowest BCUT2D eigenvalue weighted by molar-refractivity contribution is 0.0962. The van der Waals surface area contributed by atoms with Crippen LogP contribution in [0.25, 0.3) is 0 Å². The van der Waals surface area contributed by atoms with E-state index in [0.717, 1.165) is 44.7 Å². The fraction of sp³-hybridized carbons (Fsp3) is 0.692. The van der Waals surface area contributed by atoms with E-state index in [2.05, 4.69) is 20.4 Å². The van der Waals surface area contributed by atoms with E-state index in [9.17, 15) is 5.11 Å². The van der Waals surface area contributed by atoms with Gasteiger partial charge in [-0.15, -0.1) is 5.10 Å². The van der Waals surface area contributed by atoms with Crippen molar-refractivity contribution >= 4 is 5.82 Å². The Bertz CT molecular complexity index is 338. The predicted octanol–water partition coefficient (Wildman–Crippen LogP) is 1.12. The molecule has 1 fully saturated rings. The Morgan fingerprint density at radius 1 is 1.50 bits per heavy atom. The number of aliphatic hydroxyl groups excluding tert-OH is 1. The second-order valence-electron chi connectivity index (χ2n) is 4.89. The normalized spacial score (nSPS) is 19.7. The van der Waals surface area contributed by atoms with E-state index in [0.29, 0.717) is 6.04 Å². The van der Waals surface area contributed by atoms with Gasteiger partial charge in [0.2, 0.25) is 0 Å². The van der Waals surface area contributed by atoms with Crippen molar-refractivity contribution in [1.29, 1.82) is 0 Å². The maximum atomic E-state index is 9.64. The van der Waals surface area contributed by atoms with Crippen LogP contribution in [-0.2, 0) is 0 Å². The number of nitrogens with zero attached hydrogens (tertiary/aromatic N) is 3. The molecule has 5 nitrogen and oxygen atoms in total. The van der Waals surface area contributed by atoms with Crippen molar-refractivity contribution in [3.8, 4) is 0 Å². The molecule has 2 N–H and O–H groups in total. The molecule has 100 valence electrons. The lowest BCUT2D eigenvalue weighted by Gasteiger charge is -2.33. The van der Waals surface area contributed by atoms with Gasteiger partial charge >= 0.3 is 0 Å². The Balaban J connectivity index is 1.73. The Labute approximate surface area is 108 Å². The summed E-state index contributed by atoms with van der Waals surface area (Å²) in [5.41, 5.74) is 0. The highest BCUT2D eigenvalue weighted by molar-refractivity contribution is 5.32. The van der Waals surface area contributed by atoms with Gasteiger partial charge in [0.25, 0.3) is 0 Å². The van der Waals surface area contributed by atoms with E-state index < -0.39 is 0 Å². The summed E-state index contributed by atoms with van der Waals surface area (Å²) in [4.78, 5) is 2.34. The van der Waals surface area contributed by atoms with Crippen molar-refractivity contribution in [3.63, 3.8) is 0 Å². The molecule has 1 atom stereocenters. The van der Waals surface area contributed by atoms with Crippen molar-refractivity contribution in [2.45, 2.75) is 38.3 Å². The number of rotatable bonds is 5. The monoisotopic (exact) mass is 250 g/mol. The molecule has 0 spiro atoms. The zero-order valence-corrected chi connectivity index (χ0v) is 10.9. The summed E-state index contributed by atoms with van der Waals surface area (Å²) in [5, 5.41) is 20.9. The molecule has 1 aliphatic rings. The number of likely N-dealkylation sites (tertiary alicyclic amines) is 1. The van der Waals surface area contributed by atoms with Gasteiger partial charge in [0.1, 0.15) is 5.82 Å².